The third-order valence-electron chi connectivity index (χ3n) is 7.49. The Morgan fingerprint density at radius 2 is 1.79 bits per heavy atom. The van der Waals surface area contributed by atoms with E-state index in [9.17, 15) is 22.0 Å². The molecule has 2 aliphatic rings. The predicted octanol–water partition coefficient (Wildman–Crippen LogP) is 5.75. The molecule has 10 nitrogen and oxygen atoms in total. The molecule has 0 spiro atoms. The molecule has 0 aliphatic carbocycles. The zero-order chi connectivity index (χ0) is 30.9. The highest BCUT2D eigenvalue weighted by Crippen LogP contribution is 2.32. The Morgan fingerprint density at radius 3 is 2.37 bits per heavy atom. The highest BCUT2D eigenvalue weighted by Gasteiger charge is 2.41. The predicted molar refractivity (Wildman–Crippen MR) is 157 cm³/mol. The molecule has 2 aliphatic heterocycles. The van der Waals surface area contributed by atoms with E-state index >= 15 is 0 Å². The van der Waals surface area contributed by atoms with Gasteiger partial charge >= 0.3 is 12.5 Å². The van der Waals surface area contributed by atoms with E-state index in [1.54, 1.807) is 53.4 Å². The van der Waals surface area contributed by atoms with E-state index in [-0.39, 0.29) is 24.6 Å². The van der Waals surface area contributed by atoms with Gasteiger partial charge in [-0.2, -0.15) is 8.78 Å². The molecule has 2 aromatic carbocycles. The van der Waals surface area contributed by atoms with Gasteiger partial charge in [-0.1, -0.05) is 29.8 Å². The number of halogens is 3. The maximum atomic E-state index is 14.1. The number of carbonyl (C=O) groups excluding carboxylic acids is 1. The van der Waals surface area contributed by atoms with Crippen molar-refractivity contribution >= 4 is 33.4 Å². The lowest BCUT2D eigenvalue weighted by molar-refractivity contribution is -0.0184. The van der Waals surface area contributed by atoms with Gasteiger partial charge < -0.3 is 14.1 Å². The molecule has 2 fully saturated rings. The van der Waals surface area contributed by atoms with Crippen LogP contribution in [0.4, 0.5) is 19.3 Å². The molecule has 3 aromatic rings. The minimum Gasteiger partial charge on any atom is -0.444 e. The zero-order valence-corrected chi connectivity index (χ0v) is 25.7. The zero-order valence-electron chi connectivity index (χ0n) is 24.1. The van der Waals surface area contributed by atoms with Crippen LogP contribution in [0.5, 0.6) is 0 Å². The van der Waals surface area contributed by atoms with Crippen LogP contribution in [0.2, 0.25) is 5.02 Å². The van der Waals surface area contributed by atoms with Crippen LogP contribution >= 0.6 is 11.6 Å². The fourth-order valence-electron chi connectivity index (χ4n) is 5.20. The molecular weight excluding hydrogens is 604 g/mol. The highest BCUT2D eigenvalue weighted by molar-refractivity contribution is 7.93. The van der Waals surface area contributed by atoms with Crippen LogP contribution < -0.4 is 4.31 Å². The molecule has 14 heteroatoms. The Kier molecular flexibility index (Phi) is 8.96. The van der Waals surface area contributed by atoms with E-state index in [0.29, 0.717) is 60.9 Å². The topological polar surface area (TPSA) is 109 Å². The summed E-state index contributed by atoms with van der Waals surface area (Å²) in [4.78, 5) is 16.2. The van der Waals surface area contributed by atoms with Gasteiger partial charge in [0.1, 0.15) is 5.60 Å². The van der Waals surface area contributed by atoms with Crippen molar-refractivity contribution in [2.24, 2.45) is 0 Å². The number of piperidine rings is 1. The number of anilines is 1. The molecule has 232 valence electrons. The van der Waals surface area contributed by atoms with Gasteiger partial charge in [-0.15, -0.1) is 10.2 Å². The van der Waals surface area contributed by atoms with Crippen LogP contribution in [0.1, 0.15) is 51.5 Å². The lowest BCUT2D eigenvalue weighted by Crippen LogP contribution is -2.63. The normalized spacial score (nSPS) is 17.2. The van der Waals surface area contributed by atoms with Gasteiger partial charge in [0.25, 0.3) is 5.89 Å². The van der Waals surface area contributed by atoms with Gasteiger partial charge in [-0.25, -0.2) is 13.2 Å². The Hall–Kier alpha value is -3.29. The van der Waals surface area contributed by atoms with Crippen LogP contribution in [0.15, 0.2) is 52.9 Å². The summed E-state index contributed by atoms with van der Waals surface area (Å²) < 4.78 is 65.7. The summed E-state index contributed by atoms with van der Waals surface area (Å²) in [6.45, 7) is 7.85. The van der Waals surface area contributed by atoms with Crippen molar-refractivity contribution in [3.05, 3.63) is 65.0 Å². The van der Waals surface area contributed by atoms with E-state index in [2.05, 4.69) is 15.1 Å². The molecule has 0 bridgehead atoms. The maximum absolute atomic E-state index is 14.1. The summed E-state index contributed by atoms with van der Waals surface area (Å²) in [6, 6.07) is 13.5. The first-order valence-electron chi connectivity index (χ1n) is 14.0. The van der Waals surface area contributed by atoms with Crippen LogP contribution in [0.3, 0.4) is 0 Å². The van der Waals surface area contributed by atoms with Crippen molar-refractivity contribution < 1.29 is 31.1 Å². The number of rotatable bonds is 8. The van der Waals surface area contributed by atoms with Crippen LogP contribution in [-0.4, -0.2) is 77.6 Å². The smallest absolute Gasteiger partial charge is 0.410 e. The quantitative estimate of drug-likeness (QED) is 0.307. The Balaban J connectivity index is 1.26. The monoisotopic (exact) mass is 637 g/mol. The third kappa shape index (κ3) is 7.27. The van der Waals surface area contributed by atoms with Gasteiger partial charge in [0, 0.05) is 29.7 Å². The van der Waals surface area contributed by atoms with Gasteiger partial charge in [0.2, 0.25) is 15.9 Å². The number of amides is 1. The van der Waals surface area contributed by atoms with Crippen molar-refractivity contribution in [1.29, 1.82) is 0 Å². The first kappa shape index (κ1) is 31.1. The second-order valence-electron chi connectivity index (χ2n) is 11.7. The molecule has 1 aromatic heterocycles. The van der Waals surface area contributed by atoms with E-state index in [1.807, 2.05) is 20.8 Å². The molecule has 3 heterocycles. The summed E-state index contributed by atoms with van der Waals surface area (Å²) in [7, 11) is -3.80. The summed E-state index contributed by atoms with van der Waals surface area (Å²) in [6.07, 6.45) is -2.30. The molecule has 2 saturated heterocycles. The molecule has 0 N–H and O–H groups in total. The average Bonchev–Trinajstić information content (AvgIpc) is 3.41. The summed E-state index contributed by atoms with van der Waals surface area (Å²) in [5, 5.41) is 6.82. The number of nitrogens with zero attached hydrogens (tertiary/aromatic N) is 5. The van der Waals surface area contributed by atoms with E-state index in [4.69, 9.17) is 20.8 Å². The molecular formula is C29H34ClF2N5O5S. The van der Waals surface area contributed by atoms with E-state index in [0.717, 1.165) is 0 Å². The number of alkyl halides is 2. The van der Waals surface area contributed by atoms with E-state index < -0.39 is 33.2 Å². The Bertz CT molecular complexity index is 1530. The largest absolute Gasteiger partial charge is 0.444 e. The van der Waals surface area contributed by atoms with Gasteiger partial charge in [-0.05, 0) is 82.6 Å². The Labute approximate surface area is 254 Å². The first-order valence-corrected chi connectivity index (χ1v) is 15.9. The highest BCUT2D eigenvalue weighted by atomic mass is 35.5. The maximum Gasteiger partial charge on any atom is 0.410 e. The second kappa shape index (κ2) is 12.4. The fraction of sp³-hybridized carbons (Fsp3) is 0.483. The summed E-state index contributed by atoms with van der Waals surface area (Å²) >= 11 is 6.24. The minimum absolute atomic E-state index is 0.0444. The third-order valence-corrected chi connectivity index (χ3v) is 9.99. The second-order valence-corrected chi connectivity index (χ2v) is 14.3. The van der Waals surface area contributed by atoms with Crippen molar-refractivity contribution in [2.75, 3.05) is 30.5 Å². The number of likely N-dealkylation sites (tertiary alicyclic amines) is 2. The number of ether oxygens (including phenoxy) is 1. The number of aromatic nitrogens is 2. The minimum atomic E-state index is -3.80. The van der Waals surface area contributed by atoms with Crippen LogP contribution in [0, 0.1) is 0 Å². The number of hydrogen-bond acceptors (Lipinski definition) is 8. The molecule has 1 amide bonds. The molecule has 0 atom stereocenters. The van der Waals surface area contributed by atoms with Crippen molar-refractivity contribution in [2.45, 2.75) is 63.5 Å². The molecule has 0 unspecified atom stereocenters. The number of benzene rings is 2. The lowest BCUT2D eigenvalue weighted by Gasteiger charge is -2.47. The fourth-order valence-corrected chi connectivity index (χ4v) is 7.29. The number of sulfonamides is 1. The lowest BCUT2D eigenvalue weighted by atomic mass is 10.0. The summed E-state index contributed by atoms with van der Waals surface area (Å²) in [5.74, 6) is -0.811. The van der Waals surface area contributed by atoms with Crippen molar-refractivity contribution in [3.8, 4) is 11.5 Å². The van der Waals surface area contributed by atoms with E-state index in [1.165, 1.54) is 4.31 Å². The van der Waals surface area contributed by atoms with Crippen LogP contribution in [0.25, 0.3) is 11.5 Å². The first-order chi connectivity index (χ1) is 20.3. The van der Waals surface area contributed by atoms with Crippen molar-refractivity contribution in [1.82, 2.24) is 20.0 Å². The number of hydrogen-bond donors (Lipinski definition) is 0. The summed E-state index contributed by atoms with van der Waals surface area (Å²) in [5.41, 5.74) is 1.01. The standard InChI is InChI=1S/C29H34ClF2N5O5S/c1-29(2,3)42-28(38)36-17-23(18-36)35-13-11-24(12-14-35)43(39,40)37(22-6-4-5-21(30)15-22)16-19-7-9-20(10-8-19)26-33-34-27(41-26)25(31)32/h4-10,15,23-25H,11-14,16-18H2,1-3H3. The molecule has 43 heavy (non-hydrogen) atoms. The van der Waals surface area contributed by atoms with Gasteiger partial charge in [-0.3, -0.25) is 9.21 Å². The molecule has 0 radical (unpaired) electrons. The number of carbonyl (C=O) groups is 1. The van der Waals surface area contributed by atoms with Gasteiger partial charge in [0.05, 0.1) is 17.5 Å². The molecule has 0 saturated carbocycles. The molecule has 5 rings (SSSR count). The van der Waals surface area contributed by atoms with Gasteiger partial charge in [0.15, 0.2) is 0 Å². The Morgan fingerprint density at radius 1 is 1.12 bits per heavy atom. The SMILES string of the molecule is CC(C)(C)OC(=O)N1CC(N2CCC(S(=O)(=O)N(Cc3ccc(-c4nnc(C(F)F)o4)cc3)c3cccc(Cl)c3)CC2)C1. The van der Waals surface area contributed by atoms with Crippen LogP contribution in [-0.2, 0) is 21.3 Å². The average molecular weight is 638 g/mol. The van der Waals surface area contributed by atoms with Crippen molar-refractivity contribution in [3.63, 3.8) is 0 Å².